The fourth-order valence-electron chi connectivity index (χ4n) is 3.35. The average Bonchev–Trinajstić information content (AvgIpc) is 2.37. The van der Waals surface area contributed by atoms with Gasteiger partial charge < -0.3 is 0 Å². The quantitative estimate of drug-likeness (QED) is 0.496. The summed E-state index contributed by atoms with van der Waals surface area (Å²) in [6.07, 6.45) is 12.3. The third-order valence-corrected chi connectivity index (χ3v) is 3.85. The van der Waals surface area contributed by atoms with E-state index in [4.69, 9.17) is 0 Å². The van der Waals surface area contributed by atoms with E-state index >= 15 is 0 Å². The topological polar surface area (TPSA) is 0 Å². The first-order chi connectivity index (χ1) is 5.31. The fourth-order valence-corrected chi connectivity index (χ4v) is 3.35. The summed E-state index contributed by atoms with van der Waals surface area (Å²) in [4.78, 5) is 0. The van der Waals surface area contributed by atoms with Crippen LogP contribution in [0.15, 0.2) is 0 Å². The summed E-state index contributed by atoms with van der Waals surface area (Å²) in [5.74, 6) is 1.03. The molecule has 11 heavy (non-hydrogen) atoms. The lowest BCUT2D eigenvalue weighted by Crippen LogP contribution is -2.24. The van der Waals surface area contributed by atoms with Crippen molar-refractivity contribution in [1.82, 2.24) is 0 Å². The van der Waals surface area contributed by atoms with Gasteiger partial charge in [0.1, 0.15) is 0 Å². The molecule has 0 radical (unpaired) electrons. The minimum atomic E-state index is 0.845. The molecule has 0 nitrogen and oxygen atoms in total. The second kappa shape index (κ2) is 2.80. The third-order valence-electron chi connectivity index (χ3n) is 3.85. The van der Waals surface area contributed by atoms with Crippen molar-refractivity contribution in [3.63, 3.8) is 0 Å². The summed E-state index contributed by atoms with van der Waals surface area (Å²) >= 11 is 0. The molecule has 0 heteroatoms. The van der Waals surface area contributed by atoms with Crippen molar-refractivity contribution in [2.24, 2.45) is 11.3 Å². The lowest BCUT2D eigenvalue weighted by Gasteiger charge is -2.36. The van der Waals surface area contributed by atoms with Gasteiger partial charge in [0.05, 0.1) is 0 Å². The predicted octanol–water partition coefficient (Wildman–Crippen LogP) is 3.76. The maximum atomic E-state index is 2.44. The van der Waals surface area contributed by atoms with Gasteiger partial charge in [0, 0.05) is 0 Å². The number of hydrogen-bond donors (Lipinski definition) is 0. The molecular weight excluding hydrogens is 132 g/mol. The Morgan fingerprint density at radius 3 is 2.27 bits per heavy atom. The molecule has 0 amide bonds. The van der Waals surface area contributed by atoms with Crippen LogP contribution < -0.4 is 0 Å². The van der Waals surface area contributed by atoms with Crippen LogP contribution in [0, 0.1) is 11.3 Å². The SMILES string of the molecule is C[C@H]1CCCC2(CCCC2)C1. The highest BCUT2D eigenvalue weighted by atomic mass is 14.4. The highest BCUT2D eigenvalue weighted by Crippen LogP contribution is 2.50. The first-order valence-corrected chi connectivity index (χ1v) is 5.31. The molecule has 2 aliphatic carbocycles. The maximum Gasteiger partial charge on any atom is -0.0295 e. The zero-order chi connectivity index (χ0) is 7.73. The summed E-state index contributed by atoms with van der Waals surface area (Å²) in [5.41, 5.74) is 0.845. The van der Waals surface area contributed by atoms with Crippen molar-refractivity contribution in [2.45, 2.75) is 58.3 Å². The number of hydrogen-bond acceptors (Lipinski definition) is 0. The summed E-state index contributed by atoms with van der Waals surface area (Å²) in [6.45, 7) is 2.44. The second-order valence-corrected chi connectivity index (χ2v) is 4.91. The first-order valence-electron chi connectivity index (χ1n) is 5.31. The molecule has 0 aromatic heterocycles. The van der Waals surface area contributed by atoms with Crippen molar-refractivity contribution in [3.05, 3.63) is 0 Å². The molecule has 0 aliphatic heterocycles. The number of rotatable bonds is 0. The lowest BCUT2D eigenvalue weighted by molar-refractivity contribution is 0.153. The van der Waals surface area contributed by atoms with Crippen molar-refractivity contribution < 1.29 is 0 Å². The molecule has 64 valence electrons. The van der Waals surface area contributed by atoms with E-state index in [0.29, 0.717) is 0 Å². The lowest BCUT2D eigenvalue weighted by atomic mass is 9.69. The van der Waals surface area contributed by atoms with Gasteiger partial charge in [-0.2, -0.15) is 0 Å². The minimum absolute atomic E-state index is 0.845. The zero-order valence-corrected chi connectivity index (χ0v) is 7.73. The Bertz CT molecular complexity index is 131. The van der Waals surface area contributed by atoms with Gasteiger partial charge in [0.2, 0.25) is 0 Å². The van der Waals surface area contributed by atoms with Crippen LogP contribution in [-0.4, -0.2) is 0 Å². The molecule has 2 rings (SSSR count). The van der Waals surface area contributed by atoms with Crippen LogP contribution in [0.25, 0.3) is 0 Å². The Morgan fingerprint density at radius 2 is 1.64 bits per heavy atom. The summed E-state index contributed by atoms with van der Waals surface area (Å²) in [5, 5.41) is 0. The molecular formula is C11H20. The van der Waals surface area contributed by atoms with Gasteiger partial charge >= 0.3 is 0 Å². The van der Waals surface area contributed by atoms with Gasteiger partial charge in [0.15, 0.2) is 0 Å². The Balaban J connectivity index is 2.00. The standard InChI is InChI=1S/C11H20/c1-10-5-4-8-11(9-10)6-2-3-7-11/h10H,2-9H2,1H3/t10-/m0/s1. The molecule has 0 unspecified atom stereocenters. The van der Waals surface area contributed by atoms with E-state index in [-0.39, 0.29) is 0 Å². The van der Waals surface area contributed by atoms with Gasteiger partial charge in [-0.1, -0.05) is 32.6 Å². The van der Waals surface area contributed by atoms with E-state index in [1.807, 2.05) is 0 Å². The van der Waals surface area contributed by atoms with Gasteiger partial charge in [-0.25, -0.2) is 0 Å². The third kappa shape index (κ3) is 1.45. The minimum Gasteiger partial charge on any atom is -0.0625 e. The molecule has 0 saturated heterocycles. The zero-order valence-electron chi connectivity index (χ0n) is 7.73. The molecule has 0 heterocycles. The highest BCUT2D eigenvalue weighted by Gasteiger charge is 2.36. The van der Waals surface area contributed by atoms with Crippen molar-refractivity contribution >= 4 is 0 Å². The van der Waals surface area contributed by atoms with Crippen molar-refractivity contribution in [1.29, 1.82) is 0 Å². The Labute approximate surface area is 70.4 Å². The van der Waals surface area contributed by atoms with Crippen LogP contribution >= 0.6 is 0 Å². The van der Waals surface area contributed by atoms with Crippen molar-refractivity contribution in [2.75, 3.05) is 0 Å². The smallest absolute Gasteiger partial charge is 0.0295 e. The Kier molecular flexibility index (Phi) is 1.95. The van der Waals surface area contributed by atoms with Crippen molar-refractivity contribution in [3.8, 4) is 0 Å². The maximum absolute atomic E-state index is 2.44. The normalized spacial score (nSPS) is 36.3. The molecule has 0 aromatic rings. The molecule has 0 bridgehead atoms. The molecule has 2 aliphatic rings. The Hall–Kier alpha value is 0. The van der Waals surface area contributed by atoms with Gasteiger partial charge in [-0.15, -0.1) is 0 Å². The first kappa shape index (κ1) is 7.64. The van der Waals surface area contributed by atoms with Crippen LogP contribution in [0.4, 0.5) is 0 Å². The van der Waals surface area contributed by atoms with E-state index in [1.165, 1.54) is 25.7 Å². The van der Waals surface area contributed by atoms with E-state index in [9.17, 15) is 0 Å². The fraction of sp³-hybridized carbons (Fsp3) is 1.00. The largest absolute Gasteiger partial charge is 0.0625 e. The van der Waals surface area contributed by atoms with Crippen LogP contribution in [0.5, 0.6) is 0 Å². The van der Waals surface area contributed by atoms with Gasteiger partial charge in [0.25, 0.3) is 0 Å². The second-order valence-electron chi connectivity index (χ2n) is 4.91. The highest BCUT2D eigenvalue weighted by molar-refractivity contribution is 4.88. The summed E-state index contributed by atoms with van der Waals surface area (Å²) in [7, 11) is 0. The van der Waals surface area contributed by atoms with Gasteiger partial charge in [-0.3, -0.25) is 0 Å². The van der Waals surface area contributed by atoms with E-state index < -0.39 is 0 Å². The summed E-state index contributed by atoms with van der Waals surface area (Å²) in [6, 6.07) is 0. The van der Waals surface area contributed by atoms with Gasteiger partial charge in [-0.05, 0) is 37.0 Å². The predicted molar refractivity (Wildman–Crippen MR) is 48.5 cm³/mol. The molecule has 0 N–H and O–H groups in total. The van der Waals surface area contributed by atoms with Crippen LogP contribution in [0.2, 0.25) is 0 Å². The molecule has 1 atom stereocenters. The summed E-state index contributed by atoms with van der Waals surface area (Å²) < 4.78 is 0. The van der Waals surface area contributed by atoms with Crippen LogP contribution in [-0.2, 0) is 0 Å². The van der Waals surface area contributed by atoms with E-state index in [2.05, 4.69) is 6.92 Å². The molecule has 0 aromatic carbocycles. The monoisotopic (exact) mass is 152 g/mol. The Morgan fingerprint density at radius 1 is 1.00 bits per heavy atom. The van der Waals surface area contributed by atoms with Crippen LogP contribution in [0.3, 0.4) is 0 Å². The van der Waals surface area contributed by atoms with E-state index in [0.717, 1.165) is 11.3 Å². The van der Waals surface area contributed by atoms with Crippen LogP contribution in [0.1, 0.15) is 58.3 Å². The molecule has 2 fully saturated rings. The average molecular weight is 152 g/mol. The molecule has 2 saturated carbocycles. The van der Waals surface area contributed by atoms with E-state index in [1.54, 1.807) is 25.7 Å². The molecule has 1 spiro atoms.